The fourth-order valence-corrected chi connectivity index (χ4v) is 3.53. The first-order chi connectivity index (χ1) is 10.3. The minimum atomic E-state index is -0.241. The van der Waals surface area contributed by atoms with Crippen LogP contribution in [-0.2, 0) is 0 Å². The lowest BCUT2D eigenvalue weighted by Crippen LogP contribution is -2.27. The molecule has 0 aliphatic heterocycles. The van der Waals surface area contributed by atoms with Crippen LogP contribution in [0.15, 0.2) is 18.2 Å². The number of rotatable bonds is 4. The number of anilines is 1. The number of ether oxygens (including phenoxy) is 1. The number of hydrogen-bond acceptors (Lipinski definition) is 4. The topological polar surface area (TPSA) is 64.3 Å². The lowest BCUT2D eigenvalue weighted by Gasteiger charge is -2.16. The second kappa shape index (κ2) is 7.90. The largest absolute Gasteiger partial charge is 0.496 e. The van der Waals surface area contributed by atoms with Crippen LogP contribution >= 0.6 is 35.3 Å². The van der Waals surface area contributed by atoms with Crippen LogP contribution in [-0.4, -0.2) is 13.0 Å². The van der Waals surface area contributed by atoms with Gasteiger partial charge in [-0.25, -0.2) is 0 Å². The number of methoxy groups -OCH3 is 1. The molecule has 126 valence electrons. The van der Waals surface area contributed by atoms with Gasteiger partial charge in [-0.1, -0.05) is 11.6 Å². The Morgan fingerprint density at radius 3 is 2.52 bits per heavy atom. The Kier molecular flexibility index (Phi) is 6.74. The van der Waals surface area contributed by atoms with Crippen LogP contribution < -0.4 is 15.8 Å². The molecule has 2 rings (SSSR count). The van der Waals surface area contributed by atoms with Gasteiger partial charge in [-0.15, -0.1) is 23.7 Å². The van der Waals surface area contributed by atoms with Crippen molar-refractivity contribution in [1.29, 1.82) is 0 Å². The van der Waals surface area contributed by atoms with Crippen LogP contribution in [0.3, 0.4) is 0 Å². The van der Waals surface area contributed by atoms with Gasteiger partial charge in [0.1, 0.15) is 5.75 Å². The fraction of sp³-hybridized carbons (Fsp3) is 0.312. The van der Waals surface area contributed by atoms with Crippen LogP contribution in [0.1, 0.15) is 38.6 Å². The first-order valence-corrected chi connectivity index (χ1v) is 8.03. The fourth-order valence-electron chi connectivity index (χ4n) is 2.35. The van der Waals surface area contributed by atoms with Gasteiger partial charge in [0.15, 0.2) is 0 Å². The smallest absolute Gasteiger partial charge is 0.255 e. The van der Waals surface area contributed by atoms with Crippen molar-refractivity contribution >= 4 is 46.9 Å². The third-order valence-electron chi connectivity index (χ3n) is 3.46. The standard InChI is InChI=1S/C16H19ClN2O2S.ClH/c1-8-5-11(10(3)22-8)9(2)19-16(20)12-6-13(17)14(18)7-15(12)21-4;/h5-7,9H,18H2,1-4H3,(H,19,20);1H. The van der Waals surface area contributed by atoms with E-state index in [1.165, 1.54) is 22.9 Å². The summed E-state index contributed by atoms with van der Waals surface area (Å²) < 4.78 is 5.22. The number of hydrogen-bond donors (Lipinski definition) is 2. The summed E-state index contributed by atoms with van der Waals surface area (Å²) in [4.78, 5) is 14.9. The highest BCUT2D eigenvalue weighted by Crippen LogP contribution is 2.30. The third kappa shape index (κ3) is 4.31. The van der Waals surface area contributed by atoms with E-state index in [1.54, 1.807) is 17.4 Å². The van der Waals surface area contributed by atoms with Gasteiger partial charge in [-0.05, 0) is 38.5 Å². The SMILES string of the molecule is COc1cc(N)c(Cl)cc1C(=O)NC(C)c1cc(C)sc1C.Cl. The number of thiophene rings is 1. The Balaban J connectivity index is 0.00000264. The Bertz CT molecular complexity index is 716. The van der Waals surface area contributed by atoms with Crippen molar-refractivity contribution in [1.82, 2.24) is 5.32 Å². The van der Waals surface area contributed by atoms with E-state index >= 15 is 0 Å². The molecule has 4 nitrogen and oxygen atoms in total. The lowest BCUT2D eigenvalue weighted by atomic mass is 10.1. The summed E-state index contributed by atoms with van der Waals surface area (Å²) in [6.07, 6.45) is 0. The Morgan fingerprint density at radius 2 is 2.00 bits per heavy atom. The maximum Gasteiger partial charge on any atom is 0.255 e. The number of nitrogen functional groups attached to an aromatic ring is 1. The van der Waals surface area contributed by atoms with Gasteiger partial charge >= 0.3 is 0 Å². The summed E-state index contributed by atoms with van der Waals surface area (Å²) in [5, 5.41) is 3.31. The molecule has 1 heterocycles. The quantitative estimate of drug-likeness (QED) is 0.772. The summed E-state index contributed by atoms with van der Waals surface area (Å²) in [6.45, 7) is 6.06. The molecule has 0 fully saturated rings. The molecule has 0 saturated carbocycles. The maximum absolute atomic E-state index is 12.5. The highest BCUT2D eigenvalue weighted by molar-refractivity contribution is 7.12. The number of nitrogens with two attached hydrogens (primary N) is 1. The number of benzene rings is 1. The average molecular weight is 375 g/mol. The number of carbonyl (C=O) groups is 1. The van der Waals surface area contributed by atoms with Crippen molar-refractivity contribution < 1.29 is 9.53 Å². The van der Waals surface area contributed by atoms with Crippen LogP contribution in [0.5, 0.6) is 5.75 Å². The van der Waals surface area contributed by atoms with Gasteiger partial charge in [0, 0.05) is 15.8 Å². The van der Waals surface area contributed by atoms with Crippen molar-refractivity contribution in [3.05, 3.63) is 44.1 Å². The van der Waals surface area contributed by atoms with Crippen molar-refractivity contribution in [2.24, 2.45) is 0 Å². The van der Waals surface area contributed by atoms with Crippen LogP contribution in [0.25, 0.3) is 0 Å². The zero-order chi connectivity index (χ0) is 16.4. The first kappa shape index (κ1) is 19.6. The van der Waals surface area contributed by atoms with E-state index in [9.17, 15) is 4.79 Å². The second-order valence-corrected chi connectivity index (χ2v) is 7.01. The number of carbonyl (C=O) groups excluding carboxylic acids is 1. The third-order valence-corrected chi connectivity index (χ3v) is 4.77. The molecule has 1 unspecified atom stereocenters. The van der Waals surface area contributed by atoms with Gasteiger partial charge in [-0.2, -0.15) is 0 Å². The summed E-state index contributed by atoms with van der Waals surface area (Å²) in [7, 11) is 1.50. The molecule has 0 radical (unpaired) electrons. The van der Waals surface area contributed by atoms with E-state index < -0.39 is 0 Å². The summed E-state index contributed by atoms with van der Waals surface area (Å²) >= 11 is 7.73. The molecule has 1 atom stereocenters. The van der Waals surface area contributed by atoms with Crippen molar-refractivity contribution in [2.75, 3.05) is 12.8 Å². The molecule has 2 aromatic rings. The lowest BCUT2D eigenvalue weighted by molar-refractivity contribution is 0.0937. The molecule has 3 N–H and O–H groups in total. The Labute approximate surface area is 151 Å². The van der Waals surface area contributed by atoms with Gasteiger partial charge < -0.3 is 15.8 Å². The normalized spacial score (nSPS) is 11.5. The zero-order valence-electron chi connectivity index (χ0n) is 13.4. The summed E-state index contributed by atoms with van der Waals surface area (Å²) in [5.74, 6) is 0.166. The minimum Gasteiger partial charge on any atom is -0.496 e. The maximum atomic E-state index is 12.5. The van der Waals surface area contributed by atoms with Crippen LogP contribution in [0, 0.1) is 13.8 Å². The number of amides is 1. The van der Waals surface area contributed by atoms with E-state index in [0.29, 0.717) is 22.0 Å². The number of nitrogens with one attached hydrogen (secondary N) is 1. The molecule has 1 aromatic carbocycles. The number of aryl methyl sites for hydroxylation is 2. The Hall–Kier alpha value is -1.43. The molecule has 0 bridgehead atoms. The summed E-state index contributed by atoms with van der Waals surface area (Å²) in [5.41, 5.74) is 7.61. The van der Waals surface area contributed by atoms with E-state index in [2.05, 4.69) is 25.2 Å². The van der Waals surface area contributed by atoms with E-state index in [0.717, 1.165) is 5.56 Å². The van der Waals surface area contributed by atoms with Gasteiger partial charge in [-0.3, -0.25) is 4.79 Å². The second-order valence-electron chi connectivity index (χ2n) is 5.14. The molecular weight excluding hydrogens is 355 g/mol. The van der Waals surface area contributed by atoms with E-state index in [1.807, 2.05) is 6.92 Å². The van der Waals surface area contributed by atoms with Gasteiger partial charge in [0.25, 0.3) is 5.91 Å². The average Bonchev–Trinajstić information content (AvgIpc) is 2.80. The minimum absolute atomic E-state index is 0. The summed E-state index contributed by atoms with van der Waals surface area (Å²) in [6, 6.07) is 5.09. The predicted molar refractivity (Wildman–Crippen MR) is 99.3 cm³/mol. The Morgan fingerprint density at radius 1 is 1.35 bits per heavy atom. The molecular formula is C16H20Cl2N2O2S. The zero-order valence-corrected chi connectivity index (χ0v) is 15.8. The molecule has 1 aromatic heterocycles. The molecule has 1 amide bonds. The molecule has 7 heteroatoms. The molecule has 0 aliphatic rings. The predicted octanol–water partition coefficient (Wildman–Crippen LogP) is 4.52. The van der Waals surface area contributed by atoms with Gasteiger partial charge in [0.2, 0.25) is 0 Å². The molecule has 0 aliphatic carbocycles. The number of halogens is 2. The highest BCUT2D eigenvalue weighted by atomic mass is 35.5. The van der Waals surface area contributed by atoms with E-state index in [4.69, 9.17) is 22.1 Å². The first-order valence-electron chi connectivity index (χ1n) is 6.84. The van der Waals surface area contributed by atoms with Crippen molar-refractivity contribution in [3.63, 3.8) is 0 Å². The highest BCUT2D eigenvalue weighted by Gasteiger charge is 2.19. The van der Waals surface area contributed by atoms with Crippen LogP contribution in [0.4, 0.5) is 5.69 Å². The van der Waals surface area contributed by atoms with Crippen LogP contribution in [0.2, 0.25) is 5.02 Å². The van der Waals surface area contributed by atoms with Gasteiger partial charge in [0.05, 0.1) is 29.4 Å². The van der Waals surface area contributed by atoms with Crippen molar-refractivity contribution in [2.45, 2.75) is 26.8 Å². The molecule has 23 heavy (non-hydrogen) atoms. The van der Waals surface area contributed by atoms with Crippen molar-refractivity contribution in [3.8, 4) is 5.75 Å². The monoisotopic (exact) mass is 374 g/mol. The molecule has 0 saturated heterocycles. The van der Waals surface area contributed by atoms with E-state index in [-0.39, 0.29) is 24.4 Å². The molecule has 0 spiro atoms.